The molecule has 0 saturated heterocycles. The van der Waals surface area contributed by atoms with Crippen LogP contribution in [0.4, 0.5) is 5.69 Å². The molecule has 3 saturated carbocycles. The first-order chi connectivity index (χ1) is 14.7. The molecule has 2 N–H and O–H groups in total. The average Bonchev–Trinajstić information content (AvgIpc) is 2.73. The van der Waals surface area contributed by atoms with E-state index >= 15 is 0 Å². The maximum atomic E-state index is 12.8. The largest absolute Gasteiger partial charge is 0.380 e. The van der Waals surface area contributed by atoms with Gasteiger partial charge in [-0.3, -0.25) is 14.6 Å². The predicted molar refractivity (Wildman–Crippen MR) is 124 cm³/mol. The van der Waals surface area contributed by atoms with Crippen LogP contribution in [0.15, 0.2) is 33.9 Å². The zero-order valence-electron chi connectivity index (χ0n) is 18.5. The van der Waals surface area contributed by atoms with Crippen LogP contribution < -0.4 is 16.2 Å². The summed E-state index contributed by atoms with van der Waals surface area (Å²) >= 11 is 3.43. The Morgan fingerprint density at radius 1 is 1.32 bits per heavy atom. The van der Waals surface area contributed by atoms with E-state index < -0.39 is 0 Å². The van der Waals surface area contributed by atoms with Crippen LogP contribution in [0.1, 0.15) is 44.7 Å². The number of aryl methyl sites for hydroxylation is 1. The number of aromatic nitrogens is 3. The van der Waals surface area contributed by atoms with Gasteiger partial charge in [-0.25, -0.2) is 4.68 Å². The van der Waals surface area contributed by atoms with Gasteiger partial charge in [-0.15, -0.1) is 0 Å². The zero-order chi connectivity index (χ0) is 22.3. The Hall–Kier alpha value is -2.22. The molecular formula is C23H30BrN5O2. The molecule has 2 aromatic rings. The van der Waals surface area contributed by atoms with E-state index in [9.17, 15) is 9.59 Å². The van der Waals surface area contributed by atoms with Crippen LogP contribution in [0.2, 0.25) is 0 Å². The quantitative estimate of drug-likeness (QED) is 0.650. The molecule has 4 atom stereocenters. The normalized spacial score (nSPS) is 26.1. The lowest BCUT2D eigenvalue weighted by atomic mass is 9.45. The van der Waals surface area contributed by atoms with Gasteiger partial charge in [0.15, 0.2) is 0 Å². The maximum Gasteiger partial charge on any atom is 0.283 e. The van der Waals surface area contributed by atoms with Crippen LogP contribution >= 0.6 is 15.9 Å². The molecule has 0 aliphatic heterocycles. The van der Waals surface area contributed by atoms with Gasteiger partial charge in [0.2, 0.25) is 5.91 Å². The van der Waals surface area contributed by atoms with Gasteiger partial charge in [-0.2, -0.15) is 5.10 Å². The third-order valence-corrected chi connectivity index (χ3v) is 8.35. The van der Waals surface area contributed by atoms with E-state index in [0.29, 0.717) is 40.0 Å². The van der Waals surface area contributed by atoms with Crippen molar-refractivity contribution in [2.75, 3.05) is 5.32 Å². The fourth-order valence-corrected chi connectivity index (χ4v) is 5.73. The van der Waals surface area contributed by atoms with Gasteiger partial charge in [0.1, 0.15) is 11.0 Å². The lowest BCUT2D eigenvalue weighted by Gasteiger charge is -2.62. The van der Waals surface area contributed by atoms with E-state index in [1.54, 1.807) is 18.6 Å². The number of carbonyl (C=O) groups is 1. The Kier molecular flexibility index (Phi) is 5.94. The number of carbonyl (C=O) groups excluding carboxylic acids is 1. The predicted octanol–water partition coefficient (Wildman–Crippen LogP) is 3.51. The molecule has 166 valence electrons. The SMILES string of the molecule is Cc1cnccc1CNC(=O)Cn1ncc(N[C@@H]2C[C@@H]3C[C@H]([C@H]2C)C3(C)C)c(Br)c1=O. The molecule has 0 unspecified atom stereocenters. The number of amides is 1. The standard InChI is InChI=1S/C23H30BrN5O2/c1-13-9-25-6-5-15(13)10-26-20(30)12-29-22(31)21(24)19(11-27-29)28-18-8-16-7-17(14(18)2)23(16,3)4/h5-6,9,11,14,16-18,28H,7-8,10,12H2,1-4H3,(H,26,30)/t14-,16+,17-,18-/m1/s1. The monoisotopic (exact) mass is 487 g/mol. The van der Waals surface area contributed by atoms with Crippen LogP contribution in [0, 0.1) is 30.1 Å². The molecule has 0 radical (unpaired) electrons. The van der Waals surface area contributed by atoms with Crippen LogP contribution in [-0.4, -0.2) is 26.7 Å². The summed E-state index contributed by atoms with van der Waals surface area (Å²) < 4.78 is 1.61. The highest BCUT2D eigenvalue weighted by atomic mass is 79.9. The molecule has 2 heterocycles. The smallest absolute Gasteiger partial charge is 0.283 e. The number of fused-ring (bicyclic) bond motifs is 2. The van der Waals surface area contributed by atoms with Crippen molar-refractivity contribution in [3.8, 4) is 0 Å². The zero-order valence-corrected chi connectivity index (χ0v) is 20.1. The number of rotatable bonds is 6. The first-order valence-electron chi connectivity index (χ1n) is 10.9. The summed E-state index contributed by atoms with van der Waals surface area (Å²) in [6, 6.07) is 2.20. The summed E-state index contributed by atoms with van der Waals surface area (Å²) in [5.41, 5.74) is 2.80. The third kappa shape index (κ3) is 4.14. The Morgan fingerprint density at radius 3 is 2.77 bits per heavy atom. The fraction of sp³-hybridized carbons (Fsp3) is 0.565. The van der Waals surface area contributed by atoms with Crippen molar-refractivity contribution in [2.45, 2.75) is 59.7 Å². The third-order valence-electron chi connectivity index (χ3n) is 7.59. The first kappa shape index (κ1) is 22.0. The second-order valence-electron chi connectivity index (χ2n) is 9.62. The van der Waals surface area contributed by atoms with Crippen LogP contribution in [0.25, 0.3) is 0 Å². The highest BCUT2D eigenvalue weighted by molar-refractivity contribution is 9.10. The second kappa shape index (κ2) is 8.37. The van der Waals surface area contributed by atoms with E-state index in [-0.39, 0.29) is 18.0 Å². The topological polar surface area (TPSA) is 88.9 Å². The summed E-state index contributed by atoms with van der Waals surface area (Å²) in [7, 11) is 0. The Bertz CT molecular complexity index is 1050. The minimum Gasteiger partial charge on any atom is -0.380 e. The van der Waals surface area contributed by atoms with Gasteiger partial charge in [-0.1, -0.05) is 20.8 Å². The van der Waals surface area contributed by atoms with Crippen LogP contribution in [0.5, 0.6) is 0 Å². The molecular weight excluding hydrogens is 458 g/mol. The van der Waals surface area contributed by atoms with Crippen molar-refractivity contribution in [2.24, 2.45) is 23.2 Å². The van der Waals surface area contributed by atoms with E-state index in [1.165, 1.54) is 11.1 Å². The minimum atomic E-state index is -0.311. The molecule has 7 nitrogen and oxygen atoms in total. The van der Waals surface area contributed by atoms with Crippen molar-refractivity contribution in [1.29, 1.82) is 0 Å². The molecule has 8 heteroatoms. The lowest BCUT2D eigenvalue weighted by molar-refractivity contribution is -0.122. The van der Waals surface area contributed by atoms with Gasteiger partial charge in [0, 0.05) is 25.0 Å². The Balaban J connectivity index is 1.39. The van der Waals surface area contributed by atoms with Gasteiger partial charge in [-0.05, 0) is 76.1 Å². The van der Waals surface area contributed by atoms with Gasteiger partial charge in [0.05, 0.1) is 11.9 Å². The van der Waals surface area contributed by atoms with E-state index in [0.717, 1.165) is 23.5 Å². The molecule has 0 aromatic carbocycles. The summed E-state index contributed by atoms with van der Waals surface area (Å²) in [6.07, 6.45) is 7.51. The molecule has 1 amide bonds. The van der Waals surface area contributed by atoms with Crippen LogP contribution in [0.3, 0.4) is 0 Å². The van der Waals surface area contributed by atoms with Crippen molar-refractivity contribution in [1.82, 2.24) is 20.1 Å². The molecule has 3 aliphatic carbocycles. The Labute approximate surface area is 191 Å². The number of nitrogens with one attached hydrogen (secondary N) is 2. The highest BCUT2D eigenvalue weighted by Gasteiger charge is 2.56. The minimum absolute atomic E-state index is 0.125. The number of nitrogens with zero attached hydrogens (tertiary/aromatic N) is 3. The molecule has 3 fully saturated rings. The number of anilines is 1. The second-order valence-corrected chi connectivity index (χ2v) is 10.4. The van der Waals surface area contributed by atoms with Gasteiger partial charge in [0.25, 0.3) is 5.56 Å². The summed E-state index contributed by atoms with van der Waals surface area (Å²) in [5, 5.41) is 10.6. The average molecular weight is 488 g/mol. The molecule has 5 rings (SSSR count). The highest BCUT2D eigenvalue weighted by Crippen LogP contribution is 2.61. The number of pyridine rings is 1. The number of hydrogen-bond donors (Lipinski definition) is 2. The summed E-state index contributed by atoms with van der Waals surface area (Å²) in [5.74, 6) is 1.72. The van der Waals surface area contributed by atoms with Crippen molar-refractivity contribution in [3.63, 3.8) is 0 Å². The first-order valence-corrected chi connectivity index (χ1v) is 11.7. The maximum absolute atomic E-state index is 12.8. The summed E-state index contributed by atoms with van der Waals surface area (Å²) in [6.45, 7) is 9.26. The van der Waals surface area contributed by atoms with Crippen molar-refractivity contribution < 1.29 is 4.79 Å². The van der Waals surface area contributed by atoms with E-state index in [1.807, 2.05) is 13.0 Å². The number of hydrogen-bond acceptors (Lipinski definition) is 5. The van der Waals surface area contributed by atoms with Crippen molar-refractivity contribution >= 4 is 27.5 Å². The Morgan fingerprint density at radius 2 is 2.10 bits per heavy atom. The van der Waals surface area contributed by atoms with Crippen molar-refractivity contribution in [3.05, 3.63) is 50.6 Å². The lowest BCUT2D eigenvalue weighted by Crippen LogP contribution is -2.58. The van der Waals surface area contributed by atoms with E-state index in [2.05, 4.69) is 57.4 Å². The molecule has 0 spiro atoms. The molecule has 2 bridgehead atoms. The molecule has 3 aliphatic rings. The van der Waals surface area contributed by atoms with Crippen LogP contribution in [-0.2, 0) is 17.9 Å². The van der Waals surface area contributed by atoms with E-state index in [4.69, 9.17) is 0 Å². The fourth-order valence-electron chi connectivity index (χ4n) is 5.30. The molecule has 31 heavy (non-hydrogen) atoms. The van der Waals surface area contributed by atoms with Gasteiger partial charge < -0.3 is 10.6 Å². The molecule has 2 aromatic heterocycles. The number of halogens is 1. The summed E-state index contributed by atoms with van der Waals surface area (Å²) in [4.78, 5) is 29.2. The van der Waals surface area contributed by atoms with Gasteiger partial charge >= 0.3 is 0 Å².